The second kappa shape index (κ2) is 3.68. The van der Waals surface area contributed by atoms with Gasteiger partial charge in [-0.3, -0.25) is 4.57 Å². The Morgan fingerprint density at radius 3 is 2.93 bits per heavy atom. The van der Waals surface area contributed by atoms with Crippen molar-refractivity contribution in [1.29, 1.82) is 0 Å². The molecule has 2 aromatic rings. The van der Waals surface area contributed by atoms with Gasteiger partial charge in [0.15, 0.2) is 10.8 Å². The van der Waals surface area contributed by atoms with Gasteiger partial charge in [-0.05, 0) is 11.6 Å². The Morgan fingerprint density at radius 1 is 1.43 bits per heavy atom. The summed E-state index contributed by atoms with van der Waals surface area (Å²) in [6, 6.07) is 0. The van der Waals surface area contributed by atoms with Crippen LogP contribution >= 0.6 is 23.2 Å². The average molecular weight is 233 g/mol. The Labute approximate surface area is 89.6 Å². The van der Waals surface area contributed by atoms with Crippen molar-refractivity contribution >= 4 is 34.4 Å². The van der Waals surface area contributed by atoms with Crippen molar-refractivity contribution in [3.63, 3.8) is 0 Å². The third kappa shape index (κ3) is 1.54. The molecule has 0 amide bonds. The molecule has 0 bridgehead atoms. The first-order valence-corrected chi connectivity index (χ1v) is 4.51. The standard InChI is InChI=1S/C7H6Cl2N4O/c1-14-3-13-2-10-4-5(8)11-7(9)12-6(4)13/h2H,3H2,1H3. The maximum atomic E-state index is 5.82. The SMILES string of the molecule is COCn1cnc2c(Cl)nc(Cl)nc21. The van der Waals surface area contributed by atoms with Crippen LogP contribution < -0.4 is 0 Å². The summed E-state index contributed by atoms with van der Waals surface area (Å²) in [4.78, 5) is 11.8. The molecule has 0 fully saturated rings. The molecule has 14 heavy (non-hydrogen) atoms. The Morgan fingerprint density at radius 2 is 2.21 bits per heavy atom. The van der Waals surface area contributed by atoms with Gasteiger partial charge < -0.3 is 4.74 Å². The van der Waals surface area contributed by atoms with Crippen LogP contribution in [0.3, 0.4) is 0 Å². The summed E-state index contributed by atoms with van der Waals surface area (Å²) in [5.74, 6) is 0. The van der Waals surface area contributed by atoms with Crippen molar-refractivity contribution in [2.45, 2.75) is 6.73 Å². The number of rotatable bonds is 2. The van der Waals surface area contributed by atoms with Crippen molar-refractivity contribution < 1.29 is 4.74 Å². The molecule has 2 rings (SSSR count). The molecule has 0 radical (unpaired) electrons. The second-order valence-electron chi connectivity index (χ2n) is 2.59. The molecule has 5 nitrogen and oxygen atoms in total. The van der Waals surface area contributed by atoms with E-state index in [-0.39, 0.29) is 10.4 Å². The minimum Gasteiger partial charge on any atom is -0.364 e. The molecule has 74 valence electrons. The third-order valence-electron chi connectivity index (χ3n) is 1.66. The fourth-order valence-electron chi connectivity index (χ4n) is 1.12. The zero-order valence-corrected chi connectivity index (χ0v) is 8.75. The number of nitrogens with zero attached hydrogens (tertiary/aromatic N) is 4. The number of hydrogen-bond acceptors (Lipinski definition) is 4. The van der Waals surface area contributed by atoms with E-state index in [4.69, 9.17) is 27.9 Å². The van der Waals surface area contributed by atoms with Gasteiger partial charge in [-0.25, -0.2) is 9.97 Å². The molecule has 0 aliphatic heterocycles. The highest BCUT2D eigenvalue weighted by atomic mass is 35.5. The van der Waals surface area contributed by atoms with Crippen molar-refractivity contribution in [3.05, 3.63) is 16.8 Å². The summed E-state index contributed by atoms with van der Waals surface area (Å²) < 4.78 is 6.64. The van der Waals surface area contributed by atoms with Crippen LogP contribution in [0.1, 0.15) is 0 Å². The summed E-state index contributed by atoms with van der Waals surface area (Å²) in [6.45, 7) is 0.347. The van der Waals surface area contributed by atoms with Crippen LogP contribution in [0.15, 0.2) is 6.33 Å². The number of fused-ring (bicyclic) bond motifs is 1. The van der Waals surface area contributed by atoms with Gasteiger partial charge in [0.2, 0.25) is 5.28 Å². The number of methoxy groups -OCH3 is 1. The summed E-state index contributed by atoms with van der Waals surface area (Å²) >= 11 is 11.5. The van der Waals surface area contributed by atoms with Gasteiger partial charge in [-0.2, -0.15) is 4.98 Å². The van der Waals surface area contributed by atoms with Gasteiger partial charge >= 0.3 is 0 Å². The second-order valence-corrected chi connectivity index (χ2v) is 3.28. The van der Waals surface area contributed by atoms with Crippen LogP contribution in [0.5, 0.6) is 0 Å². The quantitative estimate of drug-likeness (QED) is 0.585. The number of imidazole rings is 1. The van der Waals surface area contributed by atoms with E-state index in [9.17, 15) is 0 Å². The number of halogens is 2. The lowest BCUT2D eigenvalue weighted by atomic mass is 10.5. The van der Waals surface area contributed by atoms with Gasteiger partial charge in [0.05, 0.1) is 6.33 Å². The maximum absolute atomic E-state index is 5.82. The minimum absolute atomic E-state index is 0.0975. The Bertz CT molecular complexity index is 470. The van der Waals surface area contributed by atoms with E-state index in [0.717, 1.165) is 0 Å². The minimum atomic E-state index is 0.0975. The molecule has 0 aliphatic rings. The summed E-state index contributed by atoms with van der Waals surface area (Å²) in [6.07, 6.45) is 1.57. The predicted octanol–water partition coefficient (Wildman–Crippen LogP) is 1.74. The Balaban J connectivity index is 2.66. The van der Waals surface area contributed by atoms with Gasteiger partial charge in [0, 0.05) is 7.11 Å². The molecule has 0 N–H and O–H groups in total. The molecular formula is C7H6Cl2N4O. The van der Waals surface area contributed by atoms with Crippen molar-refractivity contribution in [3.8, 4) is 0 Å². The van der Waals surface area contributed by atoms with Crippen LogP contribution in [0.4, 0.5) is 0 Å². The van der Waals surface area contributed by atoms with E-state index in [1.807, 2.05) is 0 Å². The Hall–Kier alpha value is -0.910. The summed E-state index contributed by atoms with van der Waals surface area (Å²) in [5.41, 5.74) is 1.09. The average Bonchev–Trinajstić information content (AvgIpc) is 2.49. The van der Waals surface area contributed by atoms with Gasteiger partial charge in [-0.15, -0.1) is 0 Å². The molecular weight excluding hydrogens is 227 g/mol. The zero-order chi connectivity index (χ0) is 10.1. The normalized spacial score (nSPS) is 11.1. The van der Waals surface area contributed by atoms with E-state index in [2.05, 4.69) is 15.0 Å². The van der Waals surface area contributed by atoms with Crippen LogP contribution in [0.25, 0.3) is 11.2 Å². The third-order valence-corrected chi connectivity index (χ3v) is 2.09. The summed E-state index contributed by atoms with van der Waals surface area (Å²) in [5, 5.41) is 0.343. The van der Waals surface area contributed by atoms with Crippen molar-refractivity contribution in [2.75, 3.05) is 7.11 Å². The molecule has 7 heteroatoms. The van der Waals surface area contributed by atoms with E-state index < -0.39 is 0 Å². The smallest absolute Gasteiger partial charge is 0.225 e. The first kappa shape index (κ1) is 9.64. The first-order chi connectivity index (χ1) is 6.72. The maximum Gasteiger partial charge on any atom is 0.225 e. The summed E-state index contributed by atoms with van der Waals surface area (Å²) in [7, 11) is 1.58. The molecule has 0 aliphatic carbocycles. The number of aromatic nitrogens is 4. The number of ether oxygens (including phenoxy) is 1. The monoisotopic (exact) mass is 232 g/mol. The van der Waals surface area contributed by atoms with Gasteiger partial charge in [-0.1, -0.05) is 11.6 Å². The molecule has 0 unspecified atom stereocenters. The fourth-order valence-corrected chi connectivity index (χ4v) is 1.54. The highest BCUT2D eigenvalue weighted by molar-refractivity contribution is 6.35. The first-order valence-electron chi connectivity index (χ1n) is 3.75. The molecule has 2 aromatic heterocycles. The molecule has 0 aromatic carbocycles. The topological polar surface area (TPSA) is 52.8 Å². The van der Waals surface area contributed by atoms with Crippen molar-refractivity contribution in [1.82, 2.24) is 19.5 Å². The van der Waals surface area contributed by atoms with E-state index >= 15 is 0 Å². The van der Waals surface area contributed by atoms with E-state index in [0.29, 0.717) is 17.9 Å². The number of hydrogen-bond donors (Lipinski definition) is 0. The van der Waals surface area contributed by atoms with Crippen LogP contribution in [-0.4, -0.2) is 26.6 Å². The van der Waals surface area contributed by atoms with Crippen LogP contribution in [0.2, 0.25) is 10.4 Å². The van der Waals surface area contributed by atoms with Crippen LogP contribution in [0, 0.1) is 0 Å². The van der Waals surface area contributed by atoms with Crippen LogP contribution in [-0.2, 0) is 11.5 Å². The lowest BCUT2D eigenvalue weighted by molar-refractivity contribution is 0.134. The van der Waals surface area contributed by atoms with E-state index in [1.165, 1.54) is 0 Å². The zero-order valence-electron chi connectivity index (χ0n) is 7.24. The highest BCUT2D eigenvalue weighted by Crippen LogP contribution is 2.20. The molecule has 0 atom stereocenters. The lowest BCUT2D eigenvalue weighted by Crippen LogP contribution is -1.99. The lowest BCUT2D eigenvalue weighted by Gasteiger charge is -2.00. The largest absolute Gasteiger partial charge is 0.364 e. The molecule has 0 spiro atoms. The Kier molecular flexibility index (Phi) is 2.54. The van der Waals surface area contributed by atoms with Crippen molar-refractivity contribution in [2.24, 2.45) is 0 Å². The van der Waals surface area contributed by atoms with Gasteiger partial charge in [0.1, 0.15) is 12.2 Å². The molecule has 0 saturated carbocycles. The molecule has 2 heterocycles. The van der Waals surface area contributed by atoms with E-state index in [1.54, 1.807) is 18.0 Å². The van der Waals surface area contributed by atoms with Gasteiger partial charge in [0.25, 0.3) is 0 Å². The highest BCUT2D eigenvalue weighted by Gasteiger charge is 2.10. The molecule has 0 saturated heterocycles. The predicted molar refractivity (Wildman–Crippen MR) is 52.4 cm³/mol. The fraction of sp³-hybridized carbons (Fsp3) is 0.286.